The summed E-state index contributed by atoms with van der Waals surface area (Å²) in [5.74, 6) is 0.584. The number of rotatable bonds is 6. The van der Waals surface area contributed by atoms with E-state index in [0.29, 0.717) is 5.92 Å². The van der Waals surface area contributed by atoms with Crippen molar-refractivity contribution >= 4 is 11.6 Å². The number of alkyl halides is 1. The molecule has 0 amide bonds. The van der Waals surface area contributed by atoms with E-state index < -0.39 is 0 Å². The Labute approximate surface area is 132 Å². The predicted octanol–water partition coefficient (Wildman–Crippen LogP) is 7.28. The van der Waals surface area contributed by atoms with Gasteiger partial charge in [0.1, 0.15) is 0 Å². The molecule has 0 fully saturated rings. The molecule has 0 aromatic rings. The molecule has 0 spiro atoms. The molecule has 1 aliphatic rings. The molecule has 0 heterocycles. The molecule has 20 heavy (non-hydrogen) atoms. The van der Waals surface area contributed by atoms with E-state index in [-0.39, 0.29) is 4.87 Å². The van der Waals surface area contributed by atoms with Crippen molar-refractivity contribution in [1.82, 2.24) is 0 Å². The van der Waals surface area contributed by atoms with Crippen molar-refractivity contribution in [3.8, 4) is 0 Å². The normalized spacial score (nSPS) is 17.9. The van der Waals surface area contributed by atoms with Crippen LogP contribution < -0.4 is 0 Å². The molecular formula is C19H35Cl. The van der Waals surface area contributed by atoms with Crippen molar-refractivity contribution in [2.24, 2.45) is 5.92 Å². The van der Waals surface area contributed by atoms with Crippen molar-refractivity contribution in [3.05, 3.63) is 23.8 Å². The third-order valence-electron chi connectivity index (χ3n) is 4.31. The van der Waals surface area contributed by atoms with Gasteiger partial charge in [-0.2, -0.15) is 0 Å². The van der Waals surface area contributed by atoms with Gasteiger partial charge in [0.2, 0.25) is 0 Å². The van der Waals surface area contributed by atoms with Crippen molar-refractivity contribution in [2.75, 3.05) is 0 Å². The third kappa shape index (κ3) is 8.84. The van der Waals surface area contributed by atoms with E-state index in [2.05, 4.69) is 47.3 Å². The Morgan fingerprint density at radius 2 is 2.00 bits per heavy atom. The first-order valence-electron chi connectivity index (χ1n) is 8.35. The monoisotopic (exact) mass is 298 g/mol. The highest BCUT2D eigenvalue weighted by Crippen LogP contribution is 2.30. The summed E-state index contributed by atoms with van der Waals surface area (Å²) in [7, 11) is 0. The van der Waals surface area contributed by atoms with Gasteiger partial charge in [0.05, 0.1) is 0 Å². The van der Waals surface area contributed by atoms with Gasteiger partial charge in [-0.25, -0.2) is 0 Å². The van der Waals surface area contributed by atoms with Crippen LogP contribution in [0.2, 0.25) is 0 Å². The molecule has 118 valence electrons. The van der Waals surface area contributed by atoms with Gasteiger partial charge in [-0.1, -0.05) is 58.3 Å². The Hall–Kier alpha value is -0.230. The van der Waals surface area contributed by atoms with Gasteiger partial charge >= 0.3 is 0 Å². The smallest absolute Gasteiger partial charge is 0.0441 e. The summed E-state index contributed by atoms with van der Waals surface area (Å²) in [5.41, 5.74) is 2.75. The van der Waals surface area contributed by atoms with Crippen LogP contribution >= 0.6 is 11.6 Å². The maximum absolute atomic E-state index is 6.31. The molecular weight excluding hydrogens is 264 g/mol. The molecule has 1 atom stereocenters. The van der Waals surface area contributed by atoms with E-state index in [4.69, 9.17) is 11.6 Å². The number of hydrogen-bond acceptors (Lipinski definition) is 0. The molecule has 0 aliphatic heterocycles. The lowest BCUT2D eigenvalue weighted by atomic mass is 9.91. The third-order valence-corrected chi connectivity index (χ3v) is 4.94. The molecule has 1 aliphatic carbocycles. The number of hydrogen-bond donors (Lipinski definition) is 0. The fourth-order valence-corrected chi connectivity index (χ4v) is 2.37. The number of unbranched alkanes of at least 4 members (excludes halogenated alkanes) is 2. The maximum Gasteiger partial charge on any atom is 0.0441 e. The average Bonchev–Trinajstić information content (AvgIpc) is 2.40. The van der Waals surface area contributed by atoms with Crippen LogP contribution in [-0.2, 0) is 0 Å². The first-order chi connectivity index (χ1) is 9.31. The first kappa shape index (κ1) is 19.8. The van der Waals surface area contributed by atoms with Crippen LogP contribution in [-0.4, -0.2) is 4.87 Å². The lowest BCUT2D eigenvalue weighted by Gasteiger charge is -2.26. The summed E-state index contributed by atoms with van der Waals surface area (Å²) in [6.07, 6.45) is 12.6. The lowest BCUT2D eigenvalue weighted by Crippen LogP contribution is -2.23. The van der Waals surface area contributed by atoms with Crippen LogP contribution in [0.15, 0.2) is 23.8 Å². The molecule has 0 saturated carbocycles. The van der Waals surface area contributed by atoms with Gasteiger partial charge in [0, 0.05) is 4.87 Å². The molecule has 0 N–H and O–H groups in total. The Kier molecular flexibility index (Phi) is 10.4. The van der Waals surface area contributed by atoms with E-state index in [1.165, 1.54) is 56.1 Å². The van der Waals surface area contributed by atoms with E-state index >= 15 is 0 Å². The van der Waals surface area contributed by atoms with Crippen molar-refractivity contribution in [2.45, 2.75) is 90.9 Å². The Morgan fingerprint density at radius 1 is 1.35 bits per heavy atom. The average molecular weight is 299 g/mol. The minimum atomic E-state index is 0.0230. The maximum atomic E-state index is 6.31. The van der Waals surface area contributed by atoms with Crippen LogP contribution in [0.4, 0.5) is 0 Å². The summed E-state index contributed by atoms with van der Waals surface area (Å²) in [6.45, 7) is 14.8. The summed E-state index contributed by atoms with van der Waals surface area (Å²) < 4.78 is 0. The van der Waals surface area contributed by atoms with Crippen LogP contribution in [0.1, 0.15) is 86.0 Å². The van der Waals surface area contributed by atoms with E-state index in [0.717, 1.165) is 6.42 Å². The fraction of sp³-hybridized carbons (Fsp3) is 0.789. The molecule has 0 radical (unpaired) electrons. The molecule has 0 aromatic heterocycles. The lowest BCUT2D eigenvalue weighted by molar-refractivity contribution is 0.412. The Morgan fingerprint density at radius 3 is 2.35 bits per heavy atom. The van der Waals surface area contributed by atoms with Crippen LogP contribution in [0.3, 0.4) is 0 Å². The fourth-order valence-electron chi connectivity index (χ4n) is 2.24. The zero-order valence-corrected chi connectivity index (χ0v) is 15.2. The quantitative estimate of drug-likeness (QED) is 0.357. The second kappa shape index (κ2) is 10.5. The Balaban J connectivity index is 0.000000367. The standard InChI is InChI=1S/C10H21Cl.C9H14/c1-5-6-7-8-10(4,11)9(2)3;1-8(2)9-6-4-3-5-7-9/h9H,5-8H2,1-4H3;6H,1,3-5,7H2,2H3. The molecule has 1 rings (SSSR count). The highest BCUT2D eigenvalue weighted by atomic mass is 35.5. The van der Waals surface area contributed by atoms with Gasteiger partial charge in [0.25, 0.3) is 0 Å². The number of allylic oxidation sites excluding steroid dienone is 3. The molecule has 0 bridgehead atoms. The molecule has 1 heteroatoms. The van der Waals surface area contributed by atoms with E-state index in [9.17, 15) is 0 Å². The predicted molar refractivity (Wildman–Crippen MR) is 94.6 cm³/mol. The molecule has 0 nitrogen and oxygen atoms in total. The molecule has 0 aromatic carbocycles. The molecule has 0 saturated heterocycles. The van der Waals surface area contributed by atoms with Gasteiger partial charge in [0.15, 0.2) is 0 Å². The Bertz CT molecular complexity index is 297. The first-order valence-corrected chi connectivity index (χ1v) is 8.73. The summed E-state index contributed by atoms with van der Waals surface area (Å²) >= 11 is 6.31. The zero-order valence-electron chi connectivity index (χ0n) is 14.4. The van der Waals surface area contributed by atoms with Crippen LogP contribution in [0.25, 0.3) is 0 Å². The largest absolute Gasteiger partial charge is 0.119 e. The van der Waals surface area contributed by atoms with Gasteiger partial charge < -0.3 is 0 Å². The highest BCUT2D eigenvalue weighted by molar-refractivity contribution is 6.23. The minimum absolute atomic E-state index is 0.0230. The minimum Gasteiger partial charge on any atom is -0.119 e. The summed E-state index contributed by atoms with van der Waals surface area (Å²) in [4.78, 5) is 0.0230. The highest BCUT2D eigenvalue weighted by Gasteiger charge is 2.23. The van der Waals surface area contributed by atoms with E-state index in [1.807, 2.05) is 0 Å². The summed E-state index contributed by atoms with van der Waals surface area (Å²) in [6, 6.07) is 0. The van der Waals surface area contributed by atoms with Crippen molar-refractivity contribution in [1.29, 1.82) is 0 Å². The van der Waals surface area contributed by atoms with Crippen molar-refractivity contribution in [3.63, 3.8) is 0 Å². The van der Waals surface area contributed by atoms with Gasteiger partial charge in [-0.05, 0) is 57.4 Å². The second-order valence-corrected chi connectivity index (χ2v) is 7.51. The van der Waals surface area contributed by atoms with Crippen LogP contribution in [0.5, 0.6) is 0 Å². The zero-order chi connectivity index (χ0) is 15.6. The van der Waals surface area contributed by atoms with Crippen LogP contribution in [0, 0.1) is 5.92 Å². The molecule has 1 unspecified atom stereocenters. The summed E-state index contributed by atoms with van der Waals surface area (Å²) in [5, 5.41) is 0. The number of halogens is 1. The second-order valence-electron chi connectivity index (χ2n) is 6.65. The SMILES string of the molecule is C=C(C)C1=CCCCC1.CCCCCC(C)(Cl)C(C)C. The topological polar surface area (TPSA) is 0 Å². The van der Waals surface area contributed by atoms with Gasteiger partial charge in [-0.15, -0.1) is 11.6 Å². The van der Waals surface area contributed by atoms with Crippen molar-refractivity contribution < 1.29 is 0 Å². The van der Waals surface area contributed by atoms with E-state index in [1.54, 1.807) is 0 Å². The van der Waals surface area contributed by atoms with Gasteiger partial charge in [-0.3, -0.25) is 0 Å².